The third kappa shape index (κ3) is 4.97. The Balaban J connectivity index is 1.43. The smallest absolute Gasteiger partial charge is 0.229 e. The van der Waals surface area contributed by atoms with Crippen molar-refractivity contribution in [3.8, 4) is 17.3 Å². The van der Waals surface area contributed by atoms with E-state index in [4.69, 9.17) is 22.1 Å². The third-order valence-electron chi connectivity index (χ3n) is 5.31. The lowest BCUT2D eigenvalue weighted by Gasteiger charge is -2.10. The molecule has 13 heteroatoms. The van der Waals surface area contributed by atoms with E-state index in [0.29, 0.717) is 28.2 Å². The second kappa shape index (κ2) is 9.22. The molecule has 2 aromatic carbocycles. The molecule has 0 amide bonds. The molecule has 0 aliphatic carbocycles. The number of nitrogens with zero attached hydrogens (tertiary/aromatic N) is 3. The molecule has 0 saturated heterocycles. The number of benzene rings is 2. The summed E-state index contributed by atoms with van der Waals surface area (Å²) >= 11 is 6.44. The number of fused-ring (bicyclic) bond motifs is 1. The van der Waals surface area contributed by atoms with Crippen LogP contribution >= 0.6 is 11.6 Å². The first-order valence-corrected chi connectivity index (χ1v) is 12.9. The minimum atomic E-state index is -3.69. The second-order valence-electron chi connectivity index (χ2n) is 8.04. The first-order chi connectivity index (χ1) is 17.6. The SMILES string of the molecule is CS(=O)(=O)Nc1cc2[nH]c(C(=O)c3cnn(-c4ccc(Oc5ccccn5)cc4Cl)c3N)cc2cc1F. The van der Waals surface area contributed by atoms with Crippen molar-refractivity contribution in [2.45, 2.75) is 0 Å². The summed E-state index contributed by atoms with van der Waals surface area (Å²) in [7, 11) is -3.69. The van der Waals surface area contributed by atoms with Crippen molar-refractivity contribution in [3.05, 3.63) is 89.1 Å². The molecule has 0 atom stereocenters. The van der Waals surface area contributed by atoms with E-state index in [9.17, 15) is 17.6 Å². The van der Waals surface area contributed by atoms with Crippen LogP contribution in [0.3, 0.4) is 0 Å². The highest BCUT2D eigenvalue weighted by atomic mass is 35.5. The molecule has 3 aromatic heterocycles. The number of nitrogens with two attached hydrogens (primary N) is 1. The van der Waals surface area contributed by atoms with Gasteiger partial charge in [0.25, 0.3) is 0 Å². The van der Waals surface area contributed by atoms with Crippen LogP contribution in [-0.4, -0.2) is 40.2 Å². The number of ether oxygens (including phenoxy) is 1. The van der Waals surface area contributed by atoms with Crippen molar-refractivity contribution < 1.29 is 22.3 Å². The number of aromatic nitrogens is 4. The van der Waals surface area contributed by atoms with E-state index in [-0.39, 0.29) is 27.8 Å². The Morgan fingerprint density at radius 2 is 2.00 bits per heavy atom. The number of rotatable bonds is 7. The van der Waals surface area contributed by atoms with Crippen LogP contribution in [0, 0.1) is 5.82 Å². The van der Waals surface area contributed by atoms with Crippen molar-refractivity contribution >= 4 is 49.8 Å². The van der Waals surface area contributed by atoms with E-state index in [0.717, 1.165) is 12.3 Å². The Morgan fingerprint density at radius 3 is 2.70 bits per heavy atom. The molecule has 0 aliphatic rings. The van der Waals surface area contributed by atoms with E-state index < -0.39 is 21.6 Å². The zero-order valence-electron chi connectivity index (χ0n) is 19.1. The van der Waals surface area contributed by atoms with Gasteiger partial charge < -0.3 is 15.5 Å². The molecule has 188 valence electrons. The molecule has 0 saturated carbocycles. The molecule has 0 unspecified atom stereocenters. The maximum atomic E-state index is 14.3. The van der Waals surface area contributed by atoms with Gasteiger partial charge in [0, 0.05) is 29.2 Å². The largest absolute Gasteiger partial charge is 0.439 e. The number of hydrogen-bond acceptors (Lipinski definition) is 7. The van der Waals surface area contributed by atoms with Crippen LogP contribution in [0.2, 0.25) is 5.02 Å². The van der Waals surface area contributed by atoms with Gasteiger partial charge in [0.2, 0.25) is 21.7 Å². The van der Waals surface area contributed by atoms with E-state index in [1.54, 1.807) is 42.6 Å². The molecular weight excluding hydrogens is 523 g/mol. The third-order valence-corrected chi connectivity index (χ3v) is 6.20. The van der Waals surface area contributed by atoms with Gasteiger partial charge >= 0.3 is 0 Å². The number of carbonyl (C=O) groups is 1. The maximum absolute atomic E-state index is 14.3. The van der Waals surface area contributed by atoms with Gasteiger partial charge in [-0.3, -0.25) is 9.52 Å². The van der Waals surface area contributed by atoms with Gasteiger partial charge in [0.05, 0.1) is 40.1 Å². The second-order valence-corrected chi connectivity index (χ2v) is 10.2. The van der Waals surface area contributed by atoms with Crippen LogP contribution in [0.1, 0.15) is 16.1 Å². The normalized spacial score (nSPS) is 11.5. The number of carbonyl (C=O) groups excluding carboxylic acids is 1. The number of nitrogens with one attached hydrogen (secondary N) is 2. The van der Waals surface area contributed by atoms with E-state index >= 15 is 0 Å². The number of H-pyrrole nitrogens is 1. The van der Waals surface area contributed by atoms with Gasteiger partial charge in [-0.2, -0.15) is 5.10 Å². The number of ketones is 1. The summed E-state index contributed by atoms with van der Waals surface area (Å²) in [5.41, 5.74) is 6.98. The molecule has 5 aromatic rings. The van der Waals surface area contributed by atoms with Gasteiger partial charge in [0.1, 0.15) is 17.4 Å². The number of halogens is 2. The summed E-state index contributed by atoms with van der Waals surface area (Å²) in [6, 6.07) is 14.0. The monoisotopic (exact) mass is 540 g/mol. The van der Waals surface area contributed by atoms with Crippen LogP contribution in [0.4, 0.5) is 15.9 Å². The van der Waals surface area contributed by atoms with Crippen LogP contribution < -0.4 is 15.2 Å². The van der Waals surface area contributed by atoms with E-state index in [1.807, 2.05) is 0 Å². The molecule has 0 aliphatic heterocycles. The number of sulfonamides is 1. The standard InChI is InChI=1S/C24H18ClFN6O4S/c1-37(34,35)31-19-11-18-13(8-17(19)26)9-20(30-18)23(33)15-12-29-32(24(15)27)21-6-5-14(10-16(21)25)36-22-4-2-3-7-28-22/h2-12,30-31H,27H2,1H3. The number of nitrogen functional groups attached to an aromatic ring is 1. The Bertz CT molecular complexity index is 1770. The van der Waals surface area contributed by atoms with Gasteiger partial charge in [-0.05, 0) is 36.4 Å². The molecule has 5 rings (SSSR count). The van der Waals surface area contributed by atoms with E-state index in [1.165, 1.54) is 23.0 Å². The van der Waals surface area contributed by atoms with Crippen LogP contribution in [0.25, 0.3) is 16.6 Å². The molecule has 37 heavy (non-hydrogen) atoms. The molecular formula is C24H18ClFN6O4S. The maximum Gasteiger partial charge on any atom is 0.229 e. The average molecular weight is 541 g/mol. The number of hydrogen-bond donors (Lipinski definition) is 3. The predicted octanol–water partition coefficient (Wildman–Crippen LogP) is 4.52. The molecule has 10 nitrogen and oxygen atoms in total. The van der Waals surface area contributed by atoms with E-state index in [2.05, 4.69) is 19.8 Å². The molecule has 4 N–H and O–H groups in total. The van der Waals surface area contributed by atoms with Gasteiger partial charge in [-0.1, -0.05) is 17.7 Å². The Labute approximate surface area is 214 Å². The summed E-state index contributed by atoms with van der Waals surface area (Å²) < 4.78 is 46.4. The zero-order chi connectivity index (χ0) is 26.3. The summed E-state index contributed by atoms with van der Waals surface area (Å²) in [4.78, 5) is 20.2. The summed E-state index contributed by atoms with van der Waals surface area (Å²) in [5.74, 6) is -0.396. The number of anilines is 2. The molecule has 0 bridgehead atoms. The topological polar surface area (TPSA) is 145 Å². The number of aromatic amines is 1. The fourth-order valence-corrected chi connectivity index (χ4v) is 4.48. The van der Waals surface area contributed by atoms with Crippen LogP contribution in [0.15, 0.2) is 67.0 Å². The van der Waals surface area contributed by atoms with Crippen molar-refractivity contribution in [2.75, 3.05) is 16.7 Å². The highest BCUT2D eigenvalue weighted by Gasteiger charge is 2.21. The van der Waals surface area contributed by atoms with Crippen molar-refractivity contribution in [3.63, 3.8) is 0 Å². The fraction of sp³-hybridized carbons (Fsp3) is 0.0417. The average Bonchev–Trinajstić information content (AvgIpc) is 3.42. The lowest BCUT2D eigenvalue weighted by atomic mass is 10.1. The van der Waals surface area contributed by atoms with Crippen molar-refractivity contribution in [1.29, 1.82) is 0 Å². The fourth-order valence-electron chi connectivity index (χ4n) is 3.67. The minimum absolute atomic E-state index is 0.0366. The first-order valence-electron chi connectivity index (χ1n) is 10.7. The quantitative estimate of drug-likeness (QED) is 0.257. The Hall–Kier alpha value is -4.42. The highest BCUT2D eigenvalue weighted by Crippen LogP contribution is 2.31. The van der Waals surface area contributed by atoms with Crippen molar-refractivity contribution in [1.82, 2.24) is 19.7 Å². The predicted molar refractivity (Wildman–Crippen MR) is 137 cm³/mol. The first kappa shape index (κ1) is 24.3. The highest BCUT2D eigenvalue weighted by molar-refractivity contribution is 7.92. The van der Waals surface area contributed by atoms with Crippen molar-refractivity contribution in [2.24, 2.45) is 0 Å². The zero-order valence-corrected chi connectivity index (χ0v) is 20.6. The van der Waals surface area contributed by atoms with Crippen LogP contribution in [0.5, 0.6) is 11.6 Å². The minimum Gasteiger partial charge on any atom is -0.439 e. The summed E-state index contributed by atoms with van der Waals surface area (Å²) in [5, 5.41) is 4.86. The van der Waals surface area contributed by atoms with Crippen LogP contribution in [-0.2, 0) is 10.0 Å². The molecule has 3 heterocycles. The lowest BCUT2D eigenvalue weighted by molar-refractivity contribution is 0.103. The number of pyridine rings is 1. The van der Waals surface area contributed by atoms with Gasteiger partial charge in [-0.25, -0.2) is 22.5 Å². The van der Waals surface area contributed by atoms with Gasteiger partial charge in [0.15, 0.2) is 0 Å². The Kier molecular flexibility index (Phi) is 6.05. The molecule has 0 radical (unpaired) electrons. The summed E-state index contributed by atoms with van der Waals surface area (Å²) in [6.45, 7) is 0. The Morgan fingerprint density at radius 1 is 1.19 bits per heavy atom. The molecule has 0 fully saturated rings. The molecule has 0 spiro atoms. The van der Waals surface area contributed by atoms with Gasteiger partial charge in [-0.15, -0.1) is 0 Å². The lowest BCUT2D eigenvalue weighted by Crippen LogP contribution is -2.10. The summed E-state index contributed by atoms with van der Waals surface area (Å²) in [6.07, 6.45) is 3.81.